The number of nitrogens with zero attached hydrogens (tertiary/aromatic N) is 3. The molecule has 2 aromatic rings. The van der Waals surface area contributed by atoms with E-state index >= 15 is 0 Å². The Bertz CT molecular complexity index is 1230. The van der Waals surface area contributed by atoms with Gasteiger partial charge in [-0.1, -0.05) is 6.07 Å². The quantitative estimate of drug-likeness (QED) is 0.234. The zero-order valence-electron chi connectivity index (χ0n) is 16.6. The molecule has 0 saturated carbocycles. The van der Waals surface area contributed by atoms with Crippen molar-refractivity contribution < 1.29 is 18.0 Å². The number of amides is 1. The molecule has 1 amide bonds. The summed E-state index contributed by atoms with van der Waals surface area (Å²) in [5.41, 5.74) is 15.1. The number of carbonyl (C=O) groups excluding carboxylic acids is 1. The summed E-state index contributed by atoms with van der Waals surface area (Å²) in [6, 6.07) is 8.43. The summed E-state index contributed by atoms with van der Waals surface area (Å²) in [4.78, 5) is 29.9. The van der Waals surface area contributed by atoms with Gasteiger partial charge >= 0.3 is 0 Å². The maximum Gasteiger partial charge on any atom is 0.275 e. The maximum absolute atomic E-state index is 13.0. The fourth-order valence-corrected chi connectivity index (χ4v) is 3.88. The number of primary amides is 1. The molecule has 13 heteroatoms. The van der Waals surface area contributed by atoms with Gasteiger partial charge in [0.2, 0.25) is 11.9 Å². The number of carbonyl (C=O) groups is 1. The van der Waals surface area contributed by atoms with Crippen LogP contribution in [0.15, 0.2) is 51.2 Å². The van der Waals surface area contributed by atoms with Gasteiger partial charge < -0.3 is 22.0 Å². The average molecular weight is 447 g/mol. The molecule has 0 aliphatic carbocycles. The highest BCUT2D eigenvalue weighted by Crippen LogP contribution is 2.19. The Morgan fingerprint density at radius 2 is 1.94 bits per heavy atom. The lowest BCUT2D eigenvalue weighted by Gasteiger charge is -2.24. The third kappa shape index (κ3) is 5.31. The van der Waals surface area contributed by atoms with Crippen LogP contribution in [0.5, 0.6) is 0 Å². The van der Waals surface area contributed by atoms with E-state index in [2.05, 4.69) is 9.88 Å². The van der Waals surface area contributed by atoms with Gasteiger partial charge in [-0.25, -0.2) is 8.42 Å². The summed E-state index contributed by atoms with van der Waals surface area (Å²) in [7, 11) is -4.20. The molecule has 1 aromatic heterocycles. The topological polar surface area (TPSA) is 209 Å². The largest absolute Gasteiger partial charge is 0.387 e. The normalized spacial score (nSPS) is 12.8. The summed E-state index contributed by atoms with van der Waals surface area (Å²) in [5, 5.41) is 12.3. The molecule has 12 nitrogen and oxygen atoms in total. The summed E-state index contributed by atoms with van der Waals surface area (Å²) < 4.78 is 28.6. The molecule has 0 bridgehead atoms. The lowest BCUT2D eigenvalue weighted by atomic mass is 10.1. The Morgan fingerprint density at radius 3 is 2.52 bits per heavy atom. The van der Waals surface area contributed by atoms with Gasteiger partial charge in [0.25, 0.3) is 15.6 Å². The summed E-state index contributed by atoms with van der Waals surface area (Å²) in [6.07, 6.45) is -1.06. The van der Waals surface area contributed by atoms with Crippen LogP contribution in [0.2, 0.25) is 0 Å². The maximum atomic E-state index is 13.0. The smallest absolute Gasteiger partial charge is 0.275 e. The van der Waals surface area contributed by atoms with Crippen molar-refractivity contribution in [3.05, 3.63) is 58.0 Å². The van der Waals surface area contributed by atoms with E-state index in [1.54, 1.807) is 0 Å². The van der Waals surface area contributed by atoms with Gasteiger partial charge in [-0.2, -0.15) is 5.26 Å². The zero-order chi connectivity index (χ0) is 23.3. The number of nitrogens with one attached hydrogen (secondary N) is 1. The molecule has 2 atom stereocenters. The zero-order valence-corrected chi connectivity index (χ0v) is 17.5. The molecular formula is C18H21N7O5S. The predicted molar refractivity (Wildman–Crippen MR) is 112 cm³/mol. The number of nitrogens with two attached hydrogens (primary N) is 3. The van der Waals surface area contributed by atoms with Crippen molar-refractivity contribution in [2.45, 2.75) is 30.9 Å². The first-order valence-electron chi connectivity index (χ1n) is 8.77. The molecule has 31 heavy (non-hydrogen) atoms. The number of oxime groups is 1. The van der Waals surface area contributed by atoms with Crippen molar-refractivity contribution in [3.8, 4) is 6.07 Å². The number of sulfonamides is 1. The minimum Gasteiger partial charge on any atom is -0.387 e. The lowest BCUT2D eigenvalue weighted by molar-refractivity contribution is -0.125. The molecule has 0 aliphatic rings. The van der Waals surface area contributed by atoms with Crippen molar-refractivity contribution in [1.82, 2.24) is 4.57 Å². The fourth-order valence-electron chi connectivity index (χ4n) is 2.78. The Labute approximate surface area is 177 Å². The summed E-state index contributed by atoms with van der Waals surface area (Å²) in [6.45, 7) is 2.94. The molecule has 0 saturated heterocycles. The van der Waals surface area contributed by atoms with Gasteiger partial charge in [0.1, 0.15) is 5.69 Å². The molecule has 1 heterocycles. The van der Waals surface area contributed by atoms with Gasteiger partial charge in [-0.3, -0.25) is 18.9 Å². The van der Waals surface area contributed by atoms with Crippen molar-refractivity contribution in [2.24, 2.45) is 22.4 Å². The molecule has 2 rings (SSSR count). The molecule has 0 radical (unpaired) electrons. The number of anilines is 1. The van der Waals surface area contributed by atoms with Crippen LogP contribution < -0.4 is 27.5 Å². The number of aryl methyl sites for hydroxylation is 1. The van der Waals surface area contributed by atoms with Gasteiger partial charge in [0, 0.05) is 5.69 Å². The van der Waals surface area contributed by atoms with Crippen LogP contribution >= 0.6 is 0 Å². The molecule has 2 unspecified atom stereocenters. The molecule has 7 N–H and O–H groups in total. The van der Waals surface area contributed by atoms with Gasteiger partial charge in [0.05, 0.1) is 16.5 Å². The van der Waals surface area contributed by atoms with E-state index in [0.29, 0.717) is 5.69 Å². The minimum atomic E-state index is -4.20. The third-order valence-corrected chi connectivity index (χ3v) is 5.54. The number of benzene rings is 1. The van der Waals surface area contributed by atoms with E-state index < -0.39 is 39.6 Å². The van der Waals surface area contributed by atoms with E-state index in [-0.39, 0.29) is 16.1 Å². The Balaban J connectivity index is 2.52. The van der Waals surface area contributed by atoms with E-state index in [4.69, 9.17) is 27.3 Å². The van der Waals surface area contributed by atoms with Crippen LogP contribution in [0, 0.1) is 18.3 Å². The van der Waals surface area contributed by atoms with Gasteiger partial charge in [0.15, 0.2) is 12.1 Å². The molecule has 0 fully saturated rings. The first-order valence-corrected chi connectivity index (χ1v) is 10.3. The first kappa shape index (κ1) is 23.2. The van der Waals surface area contributed by atoms with E-state index in [0.717, 1.165) is 10.6 Å². The number of aromatic nitrogens is 1. The highest BCUT2D eigenvalue weighted by molar-refractivity contribution is 7.92. The summed E-state index contributed by atoms with van der Waals surface area (Å²) >= 11 is 0. The van der Waals surface area contributed by atoms with Crippen molar-refractivity contribution in [2.75, 3.05) is 4.72 Å². The number of nitriles is 1. The number of pyridine rings is 1. The minimum absolute atomic E-state index is 0.128. The predicted octanol–water partition coefficient (Wildman–Crippen LogP) is -0.551. The Kier molecular flexibility index (Phi) is 6.88. The van der Waals surface area contributed by atoms with Gasteiger partial charge in [-0.15, -0.1) is 0 Å². The Morgan fingerprint density at radius 1 is 1.26 bits per heavy atom. The fraction of sp³-hybridized carbons (Fsp3) is 0.222. The number of guanidine groups is 1. The second kappa shape index (κ2) is 9.18. The number of hydrogen-bond acceptors (Lipinski definition) is 7. The SMILES string of the molecule is Cc1ccc(NS(=O)(=O)c2cccc(C#N)c2)c(=O)n1C(C(N)=O)C(C)ON=C(N)N. The van der Waals surface area contributed by atoms with Crippen LogP contribution in [-0.2, 0) is 19.7 Å². The second-order valence-corrected chi connectivity index (χ2v) is 8.16. The monoisotopic (exact) mass is 447 g/mol. The Hall–Kier alpha value is -4.05. The van der Waals surface area contributed by atoms with Crippen LogP contribution in [0.1, 0.15) is 24.2 Å². The van der Waals surface area contributed by atoms with Crippen molar-refractivity contribution in [3.63, 3.8) is 0 Å². The number of rotatable bonds is 8. The number of hydrogen-bond donors (Lipinski definition) is 4. The third-order valence-electron chi connectivity index (χ3n) is 4.18. The highest BCUT2D eigenvalue weighted by Gasteiger charge is 2.30. The standard InChI is InChI=1S/C18H21N7O5S/c1-10-6-7-14(24-31(28,29)13-5-3-4-12(8-13)9-19)17(27)25(10)15(16(20)26)11(2)30-23-18(21)22/h3-8,11,15,24H,1-2H3,(H2,20,26)(H4,21,22,23). The first-order chi connectivity index (χ1) is 14.5. The highest BCUT2D eigenvalue weighted by atomic mass is 32.2. The van der Waals surface area contributed by atoms with Crippen LogP contribution in [-0.4, -0.2) is 31.0 Å². The molecule has 0 spiro atoms. The second-order valence-electron chi connectivity index (χ2n) is 6.48. The van der Waals surface area contributed by atoms with Gasteiger partial charge in [-0.05, 0) is 49.3 Å². The molecule has 164 valence electrons. The molecule has 0 aliphatic heterocycles. The van der Waals surface area contributed by atoms with E-state index in [1.807, 2.05) is 6.07 Å². The van der Waals surface area contributed by atoms with E-state index in [1.165, 1.54) is 44.2 Å². The summed E-state index contributed by atoms with van der Waals surface area (Å²) in [5.74, 6) is -1.33. The molecular weight excluding hydrogens is 426 g/mol. The van der Waals surface area contributed by atoms with Crippen LogP contribution in [0.25, 0.3) is 0 Å². The van der Waals surface area contributed by atoms with Crippen molar-refractivity contribution in [1.29, 1.82) is 5.26 Å². The van der Waals surface area contributed by atoms with Crippen LogP contribution in [0.3, 0.4) is 0 Å². The van der Waals surface area contributed by atoms with Crippen LogP contribution in [0.4, 0.5) is 5.69 Å². The molecule has 1 aromatic carbocycles. The van der Waals surface area contributed by atoms with Crippen molar-refractivity contribution >= 4 is 27.6 Å². The average Bonchev–Trinajstić information content (AvgIpc) is 2.71. The van der Waals surface area contributed by atoms with E-state index in [9.17, 15) is 18.0 Å². The lowest BCUT2D eigenvalue weighted by Crippen LogP contribution is -2.42.